The summed E-state index contributed by atoms with van der Waals surface area (Å²) in [4.78, 5) is 47.7. The molecule has 1 aromatic rings. The van der Waals surface area contributed by atoms with E-state index in [-0.39, 0.29) is 0 Å². The van der Waals surface area contributed by atoms with Crippen LogP contribution in [0.1, 0.15) is 20.1 Å². The number of rotatable bonds is 6. The minimum atomic E-state index is -1.99. The van der Waals surface area contributed by atoms with Crippen LogP contribution in [0, 0.1) is 5.92 Å². The van der Waals surface area contributed by atoms with Gasteiger partial charge in [0.1, 0.15) is 32.3 Å². The zero-order valence-corrected chi connectivity index (χ0v) is 14.1. The first-order chi connectivity index (χ1) is 12.2. The van der Waals surface area contributed by atoms with Crippen molar-refractivity contribution in [3.63, 3.8) is 0 Å². The van der Waals surface area contributed by atoms with Gasteiger partial charge in [-0.05, 0) is 0 Å². The van der Waals surface area contributed by atoms with Gasteiger partial charge in [-0.15, -0.1) is 0 Å². The van der Waals surface area contributed by atoms with Gasteiger partial charge >= 0.3 is 17.6 Å². The van der Waals surface area contributed by atoms with Crippen molar-refractivity contribution in [3.05, 3.63) is 33.1 Å². The second kappa shape index (κ2) is 7.77. The second-order valence-corrected chi connectivity index (χ2v) is 5.85. The SMILES string of the molecule is CC(=O)OC[C@@]1(CF)O[C@@H](n2ccc(=O)[nH]c2=O)[C@@H](CF)C1OC(C)=O. The maximum atomic E-state index is 13.9. The van der Waals surface area contributed by atoms with Gasteiger partial charge in [0.2, 0.25) is 0 Å². The highest BCUT2D eigenvalue weighted by atomic mass is 19.1. The fourth-order valence-corrected chi connectivity index (χ4v) is 2.84. The van der Waals surface area contributed by atoms with Crippen LogP contribution in [0.25, 0.3) is 0 Å². The predicted octanol–water partition coefficient (Wildman–Crippen LogP) is -0.146. The Morgan fingerprint density at radius 3 is 2.50 bits per heavy atom. The highest BCUT2D eigenvalue weighted by Crippen LogP contribution is 2.43. The maximum absolute atomic E-state index is 13.9. The van der Waals surface area contributed by atoms with Crippen LogP contribution in [-0.2, 0) is 23.8 Å². The molecule has 1 N–H and O–H groups in total. The largest absolute Gasteiger partial charge is 0.463 e. The van der Waals surface area contributed by atoms with E-state index in [0.717, 1.165) is 30.7 Å². The number of carbonyl (C=O) groups excluding carboxylic acids is 2. The highest BCUT2D eigenvalue weighted by Gasteiger charge is 2.59. The average Bonchev–Trinajstić information content (AvgIpc) is 2.86. The quantitative estimate of drug-likeness (QED) is 0.687. The van der Waals surface area contributed by atoms with Crippen molar-refractivity contribution >= 4 is 11.9 Å². The molecule has 1 fully saturated rings. The van der Waals surface area contributed by atoms with Crippen molar-refractivity contribution in [3.8, 4) is 0 Å². The molecule has 144 valence electrons. The number of nitrogens with one attached hydrogen (secondary N) is 1. The summed E-state index contributed by atoms with van der Waals surface area (Å²) in [6.07, 6.45) is -1.79. The smallest absolute Gasteiger partial charge is 0.330 e. The summed E-state index contributed by atoms with van der Waals surface area (Å²) in [5.74, 6) is -2.84. The van der Waals surface area contributed by atoms with Crippen LogP contribution in [0.4, 0.5) is 8.78 Å². The summed E-state index contributed by atoms with van der Waals surface area (Å²) in [5, 5.41) is 0. The summed E-state index contributed by atoms with van der Waals surface area (Å²) in [6.45, 7) is -0.927. The zero-order valence-electron chi connectivity index (χ0n) is 14.1. The molecule has 1 unspecified atom stereocenters. The van der Waals surface area contributed by atoms with E-state index in [9.17, 15) is 28.0 Å². The number of H-pyrrole nitrogens is 1. The molecule has 11 heteroatoms. The van der Waals surface area contributed by atoms with Crippen LogP contribution < -0.4 is 11.2 Å². The van der Waals surface area contributed by atoms with Gasteiger partial charge in [0, 0.05) is 26.1 Å². The average molecular weight is 376 g/mol. The molecule has 2 heterocycles. The summed E-state index contributed by atoms with van der Waals surface area (Å²) in [6, 6.07) is 1.00. The lowest BCUT2D eigenvalue weighted by molar-refractivity contribution is -0.179. The number of hydrogen-bond acceptors (Lipinski definition) is 7. The Morgan fingerprint density at radius 1 is 1.31 bits per heavy atom. The van der Waals surface area contributed by atoms with Crippen molar-refractivity contribution in [2.45, 2.75) is 31.8 Å². The molecule has 1 aromatic heterocycles. The van der Waals surface area contributed by atoms with Gasteiger partial charge in [-0.25, -0.2) is 9.18 Å². The Labute approximate surface area is 145 Å². The number of hydrogen-bond donors (Lipinski definition) is 1. The molecule has 0 aromatic carbocycles. The molecule has 0 saturated carbocycles. The number of aromatic nitrogens is 2. The molecular formula is C15H18F2N2O7. The Bertz CT molecular complexity index is 793. The van der Waals surface area contributed by atoms with Gasteiger partial charge in [0.25, 0.3) is 5.56 Å². The summed E-state index contributed by atoms with van der Waals surface area (Å²) >= 11 is 0. The molecule has 4 atom stereocenters. The Hall–Kier alpha value is -2.56. The third-order valence-electron chi connectivity index (χ3n) is 3.97. The first-order valence-electron chi connectivity index (χ1n) is 7.66. The molecule has 1 aliphatic heterocycles. The third kappa shape index (κ3) is 3.82. The summed E-state index contributed by atoms with van der Waals surface area (Å²) in [5.41, 5.74) is -3.59. The van der Waals surface area contributed by atoms with Gasteiger partial charge in [-0.3, -0.25) is 28.3 Å². The molecule has 2 rings (SSSR count). The van der Waals surface area contributed by atoms with Crippen molar-refractivity contribution in [1.82, 2.24) is 9.55 Å². The summed E-state index contributed by atoms with van der Waals surface area (Å²) in [7, 11) is 0. The number of alkyl halides is 2. The van der Waals surface area contributed by atoms with E-state index in [1.807, 2.05) is 4.98 Å². The van der Waals surface area contributed by atoms with Crippen LogP contribution in [-0.4, -0.2) is 53.2 Å². The van der Waals surface area contributed by atoms with Gasteiger partial charge in [0.05, 0.1) is 5.92 Å². The van der Waals surface area contributed by atoms with Gasteiger partial charge in [-0.1, -0.05) is 0 Å². The molecule has 0 amide bonds. The fraction of sp³-hybridized carbons (Fsp3) is 0.600. The van der Waals surface area contributed by atoms with Crippen molar-refractivity contribution in [2.75, 3.05) is 20.0 Å². The number of ether oxygens (including phenoxy) is 3. The van der Waals surface area contributed by atoms with Gasteiger partial charge in [-0.2, -0.15) is 0 Å². The zero-order chi connectivity index (χ0) is 19.5. The van der Waals surface area contributed by atoms with Gasteiger partial charge in [0.15, 0.2) is 5.60 Å². The number of nitrogens with zero attached hydrogens (tertiary/aromatic N) is 1. The van der Waals surface area contributed by atoms with Crippen LogP contribution >= 0.6 is 0 Å². The Balaban J connectivity index is 2.50. The Morgan fingerprint density at radius 2 is 2.00 bits per heavy atom. The lowest BCUT2D eigenvalue weighted by Gasteiger charge is -2.31. The molecule has 0 bridgehead atoms. The van der Waals surface area contributed by atoms with E-state index >= 15 is 0 Å². The monoisotopic (exact) mass is 376 g/mol. The van der Waals surface area contributed by atoms with E-state index in [1.165, 1.54) is 0 Å². The van der Waals surface area contributed by atoms with E-state index in [4.69, 9.17) is 14.2 Å². The topological polar surface area (TPSA) is 117 Å². The van der Waals surface area contributed by atoms with E-state index in [1.54, 1.807) is 0 Å². The van der Waals surface area contributed by atoms with E-state index in [2.05, 4.69) is 0 Å². The highest BCUT2D eigenvalue weighted by molar-refractivity contribution is 5.67. The van der Waals surface area contributed by atoms with Gasteiger partial charge < -0.3 is 14.2 Å². The van der Waals surface area contributed by atoms with Crippen LogP contribution in [0.5, 0.6) is 0 Å². The number of aromatic amines is 1. The lowest BCUT2D eigenvalue weighted by atomic mass is 9.91. The number of carbonyl (C=O) groups is 2. The number of halogens is 2. The molecule has 9 nitrogen and oxygen atoms in total. The van der Waals surface area contributed by atoms with Crippen molar-refractivity contribution in [2.24, 2.45) is 5.92 Å². The van der Waals surface area contributed by atoms with Crippen molar-refractivity contribution in [1.29, 1.82) is 0 Å². The molecular weight excluding hydrogens is 358 g/mol. The molecule has 1 aliphatic rings. The fourth-order valence-electron chi connectivity index (χ4n) is 2.84. The van der Waals surface area contributed by atoms with E-state index < -0.39 is 67.0 Å². The molecule has 0 radical (unpaired) electrons. The minimum Gasteiger partial charge on any atom is -0.463 e. The van der Waals surface area contributed by atoms with E-state index in [0.29, 0.717) is 0 Å². The van der Waals surface area contributed by atoms with Crippen LogP contribution in [0.15, 0.2) is 21.9 Å². The first kappa shape index (κ1) is 19.8. The molecule has 0 aliphatic carbocycles. The third-order valence-corrected chi connectivity index (χ3v) is 3.97. The lowest BCUT2D eigenvalue weighted by Crippen LogP contribution is -2.50. The predicted molar refractivity (Wildman–Crippen MR) is 81.8 cm³/mol. The molecule has 26 heavy (non-hydrogen) atoms. The standard InChI is InChI=1S/C15H18F2N2O7/c1-8(20)24-7-15(6-17)12(25-9(2)21)10(5-16)13(26-15)19-4-3-11(22)18-14(19)23/h3-4,10,12-13H,5-7H2,1-2H3,(H,18,22,23)/t10-,12?,13+,15+/m0/s1. The minimum absolute atomic E-state index is 0.651. The first-order valence-corrected chi connectivity index (χ1v) is 7.66. The van der Waals surface area contributed by atoms with Crippen LogP contribution in [0.2, 0.25) is 0 Å². The Kier molecular flexibility index (Phi) is 5.90. The summed E-state index contributed by atoms with van der Waals surface area (Å²) < 4.78 is 43.9. The molecule has 1 saturated heterocycles. The molecule has 0 spiro atoms. The number of esters is 2. The second-order valence-electron chi connectivity index (χ2n) is 5.85. The van der Waals surface area contributed by atoms with Crippen LogP contribution in [0.3, 0.4) is 0 Å². The van der Waals surface area contributed by atoms with Crippen molar-refractivity contribution < 1.29 is 32.6 Å². The normalized spacial score (nSPS) is 27.9. The maximum Gasteiger partial charge on any atom is 0.330 e.